The van der Waals surface area contributed by atoms with Crippen LogP contribution in [0.4, 0.5) is 0 Å². The predicted molar refractivity (Wildman–Crippen MR) is 233 cm³/mol. The van der Waals surface area contributed by atoms with Crippen molar-refractivity contribution >= 4 is 17.9 Å². The molecule has 0 radical (unpaired) electrons. The van der Waals surface area contributed by atoms with Gasteiger partial charge in [-0.2, -0.15) is 0 Å². The maximum absolute atomic E-state index is 12.7. The summed E-state index contributed by atoms with van der Waals surface area (Å²) < 4.78 is 16.7. The molecular weight excluding hydrogens is 685 g/mol. The van der Waals surface area contributed by atoms with Crippen LogP contribution in [-0.2, 0) is 28.6 Å². The molecule has 0 amide bonds. The van der Waals surface area contributed by atoms with Gasteiger partial charge in [0.15, 0.2) is 6.10 Å². The maximum atomic E-state index is 12.7. The average Bonchev–Trinajstić information content (AvgIpc) is 3.17. The van der Waals surface area contributed by atoms with Gasteiger partial charge in [0.25, 0.3) is 0 Å². The van der Waals surface area contributed by atoms with Crippen molar-refractivity contribution in [1.29, 1.82) is 0 Å². The Labute approximate surface area is 342 Å². The van der Waals surface area contributed by atoms with E-state index < -0.39 is 6.10 Å². The van der Waals surface area contributed by atoms with Crippen LogP contribution in [0.15, 0.2) is 0 Å². The molecule has 0 aliphatic heterocycles. The summed E-state index contributed by atoms with van der Waals surface area (Å²) in [6.07, 6.45) is 43.7. The normalized spacial score (nSPS) is 11.9. The van der Waals surface area contributed by atoms with Crippen molar-refractivity contribution in [3.05, 3.63) is 0 Å². The van der Waals surface area contributed by atoms with Crippen LogP contribution in [0.2, 0.25) is 0 Å². The molecule has 0 heterocycles. The Morgan fingerprint density at radius 1 is 0.345 bits per heavy atom. The van der Waals surface area contributed by atoms with Gasteiger partial charge in [-0.1, -0.05) is 233 Å². The second kappa shape index (κ2) is 43.5. The quantitative estimate of drug-likeness (QED) is 0.0348. The number of esters is 3. The SMILES string of the molecule is CCCCCCCCCCCCCCCC(=O)O[C@@H](COC(=O)CCCCCCCCCCCC)COC(=O)CCCCCCCCCCCCCC(C)C. The zero-order valence-corrected chi connectivity index (χ0v) is 37.4. The molecule has 0 aromatic carbocycles. The highest BCUT2D eigenvalue weighted by atomic mass is 16.6. The molecule has 6 heteroatoms. The summed E-state index contributed by atoms with van der Waals surface area (Å²) in [5, 5.41) is 0. The van der Waals surface area contributed by atoms with Crippen LogP contribution < -0.4 is 0 Å². The molecule has 0 unspecified atom stereocenters. The van der Waals surface area contributed by atoms with E-state index in [9.17, 15) is 14.4 Å². The zero-order valence-electron chi connectivity index (χ0n) is 37.4. The summed E-state index contributed by atoms with van der Waals surface area (Å²) in [4.78, 5) is 37.8. The third-order valence-corrected chi connectivity index (χ3v) is 11.0. The van der Waals surface area contributed by atoms with E-state index in [1.165, 1.54) is 167 Å². The largest absolute Gasteiger partial charge is 0.462 e. The number of carbonyl (C=O) groups excluding carboxylic acids is 3. The van der Waals surface area contributed by atoms with Crippen LogP contribution in [-0.4, -0.2) is 37.2 Å². The average molecular weight is 779 g/mol. The van der Waals surface area contributed by atoms with Crippen molar-refractivity contribution in [3.63, 3.8) is 0 Å². The van der Waals surface area contributed by atoms with Gasteiger partial charge < -0.3 is 14.2 Å². The first-order valence-electron chi connectivity index (χ1n) is 24.4. The van der Waals surface area contributed by atoms with Crippen LogP contribution in [0.1, 0.15) is 272 Å². The highest BCUT2D eigenvalue weighted by molar-refractivity contribution is 5.71. The standard InChI is InChI=1S/C49H94O6/c1-5-7-9-11-13-15-17-18-21-26-30-34-38-42-49(52)55-46(43-53-47(50)40-36-32-28-24-16-14-12-10-8-6-2)44-54-48(51)41-37-33-29-25-22-19-20-23-27-31-35-39-45(3)4/h45-46H,5-44H2,1-4H3/t46-/m0/s1. The van der Waals surface area contributed by atoms with Crippen LogP contribution >= 0.6 is 0 Å². The van der Waals surface area contributed by atoms with E-state index in [1.807, 2.05) is 0 Å². The molecule has 0 N–H and O–H groups in total. The second-order valence-corrected chi connectivity index (χ2v) is 17.2. The molecule has 0 spiro atoms. The van der Waals surface area contributed by atoms with E-state index >= 15 is 0 Å². The van der Waals surface area contributed by atoms with E-state index in [0.717, 1.165) is 63.7 Å². The second-order valence-electron chi connectivity index (χ2n) is 17.2. The summed E-state index contributed by atoms with van der Waals surface area (Å²) in [6, 6.07) is 0. The Bertz CT molecular complexity index is 826. The van der Waals surface area contributed by atoms with Gasteiger partial charge in [0.1, 0.15) is 13.2 Å². The summed E-state index contributed by atoms with van der Waals surface area (Å²) in [5.41, 5.74) is 0. The van der Waals surface area contributed by atoms with Gasteiger partial charge >= 0.3 is 17.9 Å². The van der Waals surface area contributed by atoms with Crippen LogP contribution in [0.25, 0.3) is 0 Å². The number of hydrogen-bond donors (Lipinski definition) is 0. The highest BCUT2D eigenvalue weighted by Crippen LogP contribution is 2.16. The number of ether oxygens (including phenoxy) is 3. The topological polar surface area (TPSA) is 78.9 Å². The molecule has 0 aliphatic rings. The molecule has 55 heavy (non-hydrogen) atoms. The van der Waals surface area contributed by atoms with E-state index in [4.69, 9.17) is 14.2 Å². The fourth-order valence-corrected chi connectivity index (χ4v) is 7.33. The molecule has 6 nitrogen and oxygen atoms in total. The molecule has 0 aliphatic carbocycles. The number of carbonyl (C=O) groups is 3. The Morgan fingerprint density at radius 2 is 0.600 bits per heavy atom. The number of hydrogen-bond acceptors (Lipinski definition) is 6. The lowest BCUT2D eigenvalue weighted by molar-refractivity contribution is -0.167. The zero-order chi connectivity index (χ0) is 40.3. The van der Waals surface area contributed by atoms with E-state index in [1.54, 1.807) is 0 Å². The van der Waals surface area contributed by atoms with Crippen molar-refractivity contribution < 1.29 is 28.6 Å². The summed E-state index contributed by atoms with van der Waals surface area (Å²) in [7, 11) is 0. The maximum Gasteiger partial charge on any atom is 0.306 e. The molecular formula is C49H94O6. The summed E-state index contributed by atoms with van der Waals surface area (Å²) >= 11 is 0. The van der Waals surface area contributed by atoms with E-state index in [0.29, 0.717) is 19.3 Å². The minimum atomic E-state index is -0.759. The Balaban J connectivity index is 4.31. The predicted octanol–water partition coefficient (Wildman–Crippen LogP) is 15.5. The molecule has 0 saturated carbocycles. The lowest BCUT2D eigenvalue weighted by atomic mass is 10.0. The van der Waals surface area contributed by atoms with Gasteiger partial charge in [-0.05, 0) is 25.2 Å². The van der Waals surface area contributed by atoms with Gasteiger partial charge in [-0.25, -0.2) is 0 Å². The third kappa shape index (κ3) is 43.4. The monoisotopic (exact) mass is 779 g/mol. The Kier molecular flexibility index (Phi) is 42.3. The minimum absolute atomic E-state index is 0.0633. The van der Waals surface area contributed by atoms with E-state index in [-0.39, 0.29) is 31.1 Å². The molecule has 0 saturated heterocycles. The van der Waals surface area contributed by atoms with Crippen molar-refractivity contribution in [2.45, 2.75) is 278 Å². The summed E-state index contributed by atoms with van der Waals surface area (Å²) in [6.45, 7) is 9.00. The first-order chi connectivity index (χ1) is 26.9. The summed E-state index contributed by atoms with van der Waals surface area (Å²) in [5.74, 6) is -0.0231. The van der Waals surface area contributed by atoms with Gasteiger partial charge in [0.05, 0.1) is 0 Å². The Morgan fingerprint density at radius 3 is 0.891 bits per heavy atom. The van der Waals surface area contributed by atoms with Crippen LogP contribution in [0.5, 0.6) is 0 Å². The van der Waals surface area contributed by atoms with Crippen molar-refractivity contribution in [2.75, 3.05) is 13.2 Å². The molecule has 0 aromatic rings. The lowest BCUT2D eigenvalue weighted by Crippen LogP contribution is -2.30. The smallest absolute Gasteiger partial charge is 0.306 e. The molecule has 0 fully saturated rings. The molecule has 326 valence electrons. The number of unbranched alkanes of at least 4 members (excludes halogenated alkanes) is 31. The van der Waals surface area contributed by atoms with E-state index in [2.05, 4.69) is 27.7 Å². The lowest BCUT2D eigenvalue weighted by Gasteiger charge is -2.18. The third-order valence-electron chi connectivity index (χ3n) is 11.0. The number of rotatable bonds is 44. The van der Waals surface area contributed by atoms with Gasteiger partial charge in [0, 0.05) is 19.3 Å². The van der Waals surface area contributed by atoms with Crippen LogP contribution in [0, 0.1) is 5.92 Å². The van der Waals surface area contributed by atoms with Crippen molar-refractivity contribution in [1.82, 2.24) is 0 Å². The van der Waals surface area contributed by atoms with Gasteiger partial charge in [-0.15, -0.1) is 0 Å². The fraction of sp³-hybridized carbons (Fsp3) is 0.939. The first kappa shape index (κ1) is 53.4. The highest BCUT2D eigenvalue weighted by Gasteiger charge is 2.19. The minimum Gasteiger partial charge on any atom is -0.462 e. The van der Waals surface area contributed by atoms with Gasteiger partial charge in [-0.3, -0.25) is 14.4 Å². The van der Waals surface area contributed by atoms with Crippen LogP contribution in [0.3, 0.4) is 0 Å². The van der Waals surface area contributed by atoms with Crippen molar-refractivity contribution in [2.24, 2.45) is 5.92 Å². The fourth-order valence-electron chi connectivity index (χ4n) is 7.33. The van der Waals surface area contributed by atoms with Crippen molar-refractivity contribution in [3.8, 4) is 0 Å². The molecule has 0 bridgehead atoms. The first-order valence-corrected chi connectivity index (χ1v) is 24.4. The van der Waals surface area contributed by atoms with Gasteiger partial charge in [0.2, 0.25) is 0 Å². The molecule has 0 aromatic heterocycles. The molecule has 0 rings (SSSR count). The Hall–Kier alpha value is -1.59. The molecule has 1 atom stereocenters.